The van der Waals surface area contributed by atoms with E-state index in [2.05, 4.69) is 0 Å². The van der Waals surface area contributed by atoms with Gasteiger partial charge in [-0.2, -0.15) is 0 Å². The van der Waals surface area contributed by atoms with E-state index in [4.69, 9.17) is 4.74 Å². The van der Waals surface area contributed by atoms with Gasteiger partial charge in [0.05, 0.1) is 12.5 Å². The van der Waals surface area contributed by atoms with Crippen LogP contribution < -0.4 is 0 Å². The highest BCUT2D eigenvalue weighted by Gasteiger charge is 2.28. The molecule has 0 atom stereocenters. The second-order valence-electron chi connectivity index (χ2n) is 5.36. The van der Waals surface area contributed by atoms with E-state index in [0.29, 0.717) is 18.3 Å². The number of aromatic hydroxyl groups is 1. The van der Waals surface area contributed by atoms with Crippen molar-refractivity contribution in [3.63, 3.8) is 0 Å². The van der Waals surface area contributed by atoms with E-state index in [1.165, 1.54) is 0 Å². The van der Waals surface area contributed by atoms with Gasteiger partial charge >= 0.3 is 5.97 Å². The van der Waals surface area contributed by atoms with Crippen LogP contribution in [0.5, 0.6) is 5.75 Å². The molecular formula is C16H22O3. The molecule has 2 rings (SSSR count). The number of carbonyl (C=O) groups is 1. The van der Waals surface area contributed by atoms with Crippen LogP contribution in [-0.2, 0) is 9.53 Å². The van der Waals surface area contributed by atoms with Crippen LogP contribution in [0.4, 0.5) is 0 Å². The Morgan fingerprint density at radius 1 is 1.32 bits per heavy atom. The maximum Gasteiger partial charge on any atom is 0.308 e. The predicted octanol–water partition coefficient (Wildman–Crippen LogP) is 3.54. The number of phenols is 1. The minimum atomic E-state index is -0.0610. The minimum Gasteiger partial charge on any atom is -0.508 e. The fourth-order valence-electron chi connectivity index (χ4n) is 2.90. The Morgan fingerprint density at radius 3 is 2.58 bits per heavy atom. The van der Waals surface area contributed by atoms with E-state index in [1.807, 2.05) is 32.0 Å². The highest BCUT2D eigenvalue weighted by molar-refractivity contribution is 5.72. The molecule has 1 aliphatic rings. The largest absolute Gasteiger partial charge is 0.508 e. The lowest BCUT2D eigenvalue weighted by molar-refractivity contribution is -0.149. The summed E-state index contributed by atoms with van der Waals surface area (Å²) in [4.78, 5) is 11.7. The average molecular weight is 262 g/mol. The van der Waals surface area contributed by atoms with E-state index in [1.54, 1.807) is 0 Å². The van der Waals surface area contributed by atoms with Crippen molar-refractivity contribution in [2.75, 3.05) is 6.61 Å². The summed E-state index contributed by atoms with van der Waals surface area (Å²) in [6.45, 7) is 4.27. The van der Waals surface area contributed by atoms with Gasteiger partial charge in [-0.25, -0.2) is 0 Å². The van der Waals surface area contributed by atoms with E-state index in [9.17, 15) is 9.90 Å². The highest BCUT2D eigenvalue weighted by Crippen LogP contribution is 2.39. The Labute approximate surface area is 114 Å². The number of aryl methyl sites for hydroxylation is 1. The summed E-state index contributed by atoms with van der Waals surface area (Å²) in [5.41, 5.74) is 2.09. The maximum atomic E-state index is 11.7. The fraction of sp³-hybridized carbons (Fsp3) is 0.562. The van der Waals surface area contributed by atoms with E-state index < -0.39 is 0 Å². The summed E-state index contributed by atoms with van der Waals surface area (Å²) in [5, 5.41) is 10.0. The molecule has 1 aliphatic carbocycles. The third-order valence-electron chi connectivity index (χ3n) is 3.97. The summed E-state index contributed by atoms with van der Waals surface area (Å²) >= 11 is 0. The molecule has 0 aromatic heterocycles. The molecule has 3 nitrogen and oxygen atoms in total. The first kappa shape index (κ1) is 13.9. The number of esters is 1. The highest BCUT2D eigenvalue weighted by atomic mass is 16.5. The predicted molar refractivity (Wildman–Crippen MR) is 74.2 cm³/mol. The van der Waals surface area contributed by atoms with Crippen LogP contribution in [0.15, 0.2) is 18.2 Å². The zero-order chi connectivity index (χ0) is 13.8. The number of rotatable bonds is 3. The zero-order valence-corrected chi connectivity index (χ0v) is 11.7. The molecule has 0 amide bonds. The second kappa shape index (κ2) is 6.09. The van der Waals surface area contributed by atoms with Crippen molar-refractivity contribution in [1.29, 1.82) is 0 Å². The molecule has 3 heteroatoms. The molecule has 1 fully saturated rings. The van der Waals surface area contributed by atoms with Gasteiger partial charge in [0, 0.05) is 0 Å². The van der Waals surface area contributed by atoms with E-state index in [-0.39, 0.29) is 11.9 Å². The van der Waals surface area contributed by atoms with Crippen LogP contribution in [0.3, 0.4) is 0 Å². The molecule has 19 heavy (non-hydrogen) atoms. The first-order valence-corrected chi connectivity index (χ1v) is 7.08. The Bertz CT molecular complexity index is 445. The lowest BCUT2D eigenvalue weighted by Crippen LogP contribution is -2.23. The SMILES string of the molecule is CCOC(=O)C1CCC(c2ccc(C)cc2O)CC1. The lowest BCUT2D eigenvalue weighted by Gasteiger charge is -2.27. The molecule has 0 saturated heterocycles. The maximum absolute atomic E-state index is 11.7. The monoisotopic (exact) mass is 262 g/mol. The van der Waals surface area contributed by atoms with Crippen molar-refractivity contribution in [1.82, 2.24) is 0 Å². The number of carbonyl (C=O) groups excluding carboxylic acids is 1. The molecule has 0 unspecified atom stereocenters. The molecule has 104 valence electrons. The molecule has 1 aromatic carbocycles. The van der Waals surface area contributed by atoms with Gasteiger partial charge in [0.15, 0.2) is 0 Å². The van der Waals surface area contributed by atoms with E-state index >= 15 is 0 Å². The van der Waals surface area contributed by atoms with Crippen LogP contribution in [0, 0.1) is 12.8 Å². The van der Waals surface area contributed by atoms with E-state index in [0.717, 1.165) is 36.8 Å². The van der Waals surface area contributed by atoms with Crippen molar-refractivity contribution in [3.8, 4) is 5.75 Å². The van der Waals surface area contributed by atoms with Crippen LogP contribution in [-0.4, -0.2) is 17.7 Å². The van der Waals surface area contributed by atoms with Crippen LogP contribution in [0.25, 0.3) is 0 Å². The molecule has 0 heterocycles. The van der Waals surface area contributed by atoms with Crippen molar-refractivity contribution >= 4 is 5.97 Å². The molecule has 1 saturated carbocycles. The summed E-state index contributed by atoms with van der Waals surface area (Å²) in [6, 6.07) is 5.86. The number of phenolic OH excluding ortho intramolecular Hbond substituents is 1. The number of benzene rings is 1. The second-order valence-corrected chi connectivity index (χ2v) is 5.36. The summed E-state index contributed by atoms with van der Waals surface area (Å²) in [5.74, 6) is 0.740. The van der Waals surface area contributed by atoms with Gasteiger partial charge in [-0.05, 0) is 62.6 Å². The average Bonchev–Trinajstić information content (AvgIpc) is 2.39. The van der Waals surface area contributed by atoms with Crippen LogP contribution in [0.1, 0.15) is 49.7 Å². The fourth-order valence-corrected chi connectivity index (χ4v) is 2.90. The molecule has 0 spiro atoms. The van der Waals surface area contributed by atoms with Gasteiger partial charge in [0.1, 0.15) is 5.75 Å². The Hall–Kier alpha value is -1.51. The van der Waals surface area contributed by atoms with Gasteiger partial charge in [-0.15, -0.1) is 0 Å². The van der Waals surface area contributed by atoms with Crippen LogP contribution in [0.2, 0.25) is 0 Å². The third kappa shape index (κ3) is 3.28. The third-order valence-corrected chi connectivity index (χ3v) is 3.97. The first-order chi connectivity index (χ1) is 9.11. The number of ether oxygens (including phenoxy) is 1. The smallest absolute Gasteiger partial charge is 0.308 e. The number of hydrogen-bond acceptors (Lipinski definition) is 3. The normalized spacial score (nSPS) is 23.1. The van der Waals surface area contributed by atoms with Crippen molar-refractivity contribution in [3.05, 3.63) is 29.3 Å². The molecule has 1 N–H and O–H groups in total. The summed E-state index contributed by atoms with van der Waals surface area (Å²) < 4.78 is 5.07. The van der Waals surface area contributed by atoms with Gasteiger partial charge < -0.3 is 9.84 Å². The van der Waals surface area contributed by atoms with Gasteiger partial charge in [0.25, 0.3) is 0 Å². The summed E-state index contributed by atoms with van der Waals surface area (Å²) in [7, 11) is 0. The molecule has 0 bridgehead atoms. The molecule has 1 aromatic rings. The van der Waals surface area contributed by atoms with Crippen molar-refractivity contribution in [2.24, 2.45) is 5.92 Å². The quantitative estimate of drug-likeness (QED) is 0.847. The van der Waals surface area contributed by atoms with Gasteiger partial charge in [0.2, 0.25) is 0 Å². The topological polar surface area (TPSA) is 46.5 Å². The minimum absolute atomic E-state index is 0.0452. The van der Waals surface area contributed by atoms with Crippen LogP contribution >= 0.6 is 0 Å². The molecule has 0 aliphatic heterocycles. The Morgan fingerprint density at radius 2 is 2.00 bits per heavy atom. The number of hydrogen-bond donors (Lipinski definition) is 1. The Balaban J connectivity index is 1.98. The lowest BCUT2D eigenvalue weighted by atomic mass is 9.78. The van der Waals surface area contributed by atoms with Crippen molar-refractivity contribution in [2.45, 2.75) is 45.4 Å². The summed E-state index contributed by atoms with van der Waals surface area (Å²) in [6.07, 6.45) is 3.60. The Kier molecular flexibility index (Phi) is 4.46. The van der Waals surface area contributed by atoms with Crippen molar-refractivity contribution < 1.29 is 14.6 Å². The molecule has 0 radical (unpaired) electrons. The standard InChI is InChI=1S/C16H22O3/c1-3-19-16(18)13-7-5-12(6-8-13)14-9-4-11(2)10-15(14)17/h4,9-10,12-13,17H,3,5-8H2,1-2H3. The molecular weight excluding hydrogens is 240 g/mol. The zero-order valence-electron chi connectivity index (χ0n) is 11.7. The van der Waals surface area contributed by atoms with Gasteiger partial charge in [-0.3, -0.25) is 4.79 Å². The first-order valence-electron chi connectivity index (χ1n) is 7.08. The van der Waals surface area contributed by atoms with Gasteiger partial charge in [-0.1, -0.05) is 12.1 Å².